The molecule has 0 aliphatic carbocycles. The van der Waals surface area contributed by atoms with Gasteiger partial charge in [0.15, 0.2) is 0 Å². The quantitative estimate of drug-likeness (QED) is 0.756. The average Bonchev–Trinajstić information content (AvgIpc) is 2.35. The smallest absolute Gasteiger partial charge is 0.238 e. The van der Waals surface area contributed by atoms with E-state index in [4.69, 9.17) is 21.1 Å². The molecular formula is C12H18Cl2N2O3. The maximum absolute atomic E-state index is 11.6. The zero-order chi connectivity index (χ0) is 13.4. The number of hydrogen-bond donors (Lipinski definition) is 2. The fourth-order valence-electron chi connectivity index (χ4n) is 1.35. The van der Waals surface area contributed by atoms with Gasteiger partial charge in [-0.05, 0) is 18.2 Å². The zero-order valence-electron chi connectivity index (χ0n) is 10.9. The molecule has 0 aliphatic rings. The van der Waals surface area contributed by atoms with Crippen molar-refractivity contribution in [2.24, 2.45) is 0 Å². The lowest BCUT2D eigenvalue weighted by Crippen LogP contribution is -2.30. The minimum absolute atomic E-state index is 0. The van der Waals surface area contributed by atoms with Gasteiger partial charge in [-0.1, -0.05) is 11.6 Å². The van der Waals surface area contributed by atoms with E-state index < -0.39 is 0 Å². The van der Waals surface area contributed by atoms with Crippen molar-refractivity contribution < 1.29 is 14.3 Å². The molecule has 19 heavy (non-hydrogen) atoms. The van der Waals surface area contributed by atoms with Gasteiger partial charge in [0, 0.05) is 18.7 Å². The number of carbonyl (C=O) groups excluding carboxylic acids is 1. The molecule has 0 heterocycles. The number of rotatable bonds is 7. The maximum atomic E-state index is 11.6. The lowest BCUT2D eigenvalue weighted by atomic mass is 10.3. The predicted molar refractivity (Wildman–Crippen MR) is 78.6 cm³/mol. The second-order valence-electron chi connectivity index (χ2n) is 3.56. The number of ether oxygens (including phenoxy) is 2. The van der Waals surface area contributed by atoms with Crippen LogP contribution in [0.4, 0.5) is 5.69 Å². The van der Waals surface area contributed by atoms with Crippen LogP contribution in [0, 0.1) is 0 Å². The normalized spacial score (nSPS) is 9.63. The van der Waals surface area contributed by atoms with Crippen LogP contribution in [0.1, 0.15) is 0 Å². The molecule has 1 aromatic rings. The van der Waals surface area contributed by atoms with Crippen molar-refractivity contribution in [1.29, 1.82) is 0 Å². The van der Waals surface area contributed by atoms with Gasteiger partial charge in [-0.15, -0.1) is 12.4 Å². The van der Waals surface area contributed by atoms with Crippen molar-refractivity contribution in [3.05, 3.63) is 23.2 Å². The third-order valence-corrected chi connectivity index (χ3v) is 2.44. The van der Waals surface area contributed by atoms with Gasteiger partial charge >= 0.3 is 0 Å². The Morgan fingerprint density at radius 3 is 2.74 bits per heavy atom. The molecule has 0 radical (unpaired) electrons. The Morgan fingerprint density at radius 2 is 2.11 bits per heavy atom. The van der Waals surface area contributed by atoms with Crippen LogP contribution in [0.5, 0.6) is 5.75 Å². The van der Waals surface area contributed by atoms with Crippen LogP contribution in [0.2, 0.25) is 5.02 Å². The van der Waals surface area contributed by atoms with Gasteiger partial charge in [0.2, 0.25) is 5.91 Å². The molecule has 7 heteroatoms. The first-order chi connectivity index (χ1) is 8.67. The summed E-state index contributed by atoms with van der Waals surface area (Å²) >= 11 is 5.86. The van der Waals surface area contributed by atoms with Gasteiger partial charge in [0.05, 0.1) is 25.9 Å². The summed E-state index contributed by atoms with van der Waals surface area (Å²) in [7, 11) is 3.15. The lowest BCUT2D eigenvalue weighted by Gasteiger charge is -2.10. The number of amides is 1. The number of carbonyl (C=O) groups is 1. The molecule has 0 atom stereocenters. The number of hydrogen-bond acceptors (Lipinski definition) is 4. The number of methoxy groups -OCH3 is 2. The topological polar surface area (TPSA) is 59.6 Å². The molecule has 0 aromatic heterocycles. The Balaban J connectivity index is 0.00000324. The van der Waals surface area contributed by atoms with E-state index in [1.165, 1.54) is 7.11 Å². The Kier molecular flexibility index (Phi) is 9.34. The summed E-state index contributed by atoms with van der Waals surface area (Å²) in [6, 6.07) is 5.05. The first-order valence-electron chi connectivity index (χ1n) is 5.50. The molecule has 2 N–H and O–H groups in total. The molecular weight excluding hydrogens is 291 g/mol. The number of halogens is 2. The van der Waals surface area contributed by atoms with Gasteiger partial charge in [-0.25, -0.2) is 0 Å². The summed E-state index contributed by atoms with van der Waals surface area (Å²) in [5.41, 5.74) is 0.559. The molecule has 0 saturated carbocycles. The summed E-state index contributed by atoms with van der Waals surface area (Å²) in [6.07, 6.45) is 0. The van der Waals surface area contributed by atoms with Crippen LogP contribution >= 0.6 is 24.0 Å². The first-order valence-corrected chi connectivity index (χ1v) is 5.88. The van der Waals surface area contributed by atoms with Gasteiger partial charge < -0.3 is 20.1 Å². The Bertz CT molecular complexity index is 403. The highest BCUT2D eigenvalue weighted by molar-refractivity contribution is 6.31. The molecule has 1 rings (SSSR count). The SMILES string of the molecule is COCCNCC(=O)Nc1cc(Cl)ccc1OC.Cl. The monoisotopic (exact) mass is 308 g/mol. The summed E-state index contributed by atoms with van der Waals surface area (Å²) in [5.74, 6) is 0.413. The van der Waals surface area contributed by atoms with E-state index in [0.29, 0.717) is 29.6 Å². The molecule has 0 spiro atoms. The summed E-state index contributed by atoms with van der Waals surface area (Å²) in [5, 5.41) is 6.22. The summed E-state index contributed by atoms with van der Waals surface area (Å²) < 4.78 is 9.99. The van der Waals surface area contributed by atoms with Gasteiger partial charge in [-0.2, -0.15) is 0 Å². The Hall–Kier alpha value is -1.01. The highest BCUT2D eigenvalue weighted by Crippen LogP contribution is 2.27. The lowest BCUT2D eigenvalue weighted by molar-refractivity contribution is -0.115. The fourth-order valence-corrected chi connectivity index (χ4v) is 1.52. The van der Waals surface area contributed by atoms with E-state index in [-0.39, 0.29) is 24.9 Å². The van der Waals surface area contributed by atoms with Gasteiger partial charge in [0.1, 0.15) is 5.75 Å². The fraction of sp³-hybridized carbons (Fsp3) is 0.417. The molecule has 108 valence electrons. The minimum Gasteiger partial charge on any atom is -0.495 e. The Morgan fingerprint density at radius 1 is 1.37 bits per heavy atom. The first kappa shape index (κ1) is 18.0. The van der Waals surface area contributed by atoms with Crippen molar-refractivity contribution >= 4 is 35.6 Å². The highest BCUT2D eigenvalue weighted by atomic mass is 35.5. The largest absolute Gasteiger partial charge is 0.495 e. The molecule has 0 fully saturated rings. The molecule has 5 nitrogen and oxygen atoms in total. The number of benzene rings is 1. The zero-order valence-corrected chi connectivity index (χ0v) is 12.4. The summed E-state index contributed by atoms with van der Waals surface area (Å²) in [4.78, 5) is 11.6. The average molecular weight is 309 g/mol. The molecule has 0 aliphatic heterocycles. The van der Waals surface area contributed by atoms with E-state index in [0.717, 1.165) is 0 Å². The number of anilines is 1. The molecule has 1 aromatic carbocycles. The van der Waals surface area contributed by atoms with Crippen LogP contribution in [-0.2, 0) is 9.53 Å². The number of nitrogens with one attached hydrogen (secondary N) is 2. The van der Waals surface area contributed by atoms with Crippen molar-refractivity contribution in [2.45, 2.75) is 0 Å². The maximum Gasteiger partial charge on any atom is 0.238 e. The van der Waals surface area contributed by atoms with E-state index in [1.807, 2.05) is 0 Å². The third kappa shape index (κ3) is 6.63. The van der Waals surface area contributed by atoms with Crippen LogP contribution in [0.25, 0.3) is 0 Å². The van der Waals surface area contributed by atoms with E-state index in [1.54, 1.807) is 25.3 Å². The highest BCUT2D eigenvalue weighted by Gasteiger charge is 2.07. The second-order valence-corrected chi connectivity index (χ2v) is 4.00. The van der Waals surface area contributed by atoms with Crippen molar-refractivity contribution in [3.8, 4) is 5.75 Å². The van der Waals surface area contributed by atoms with Crippen molar-refractivity contribution in [2.75, 3.05) is 39.2 Å². The molecule has 0 bridgehead atoms. The molecule has 0 saturated heterocycles. The van der Waals surface area contributed by atoms with Gasteiger partial charge in [0.25, 0.3) is 0 Å². The molecule has 0 unspecified atom stereocenters. The third-order valence-electron chi connectivity index (χ3n) is 2.20. The Labute approximate surface area is 124 Å². The van der Waals surface area contributed by atoms with Crippen LogP contribution in [0.3, 0.4) is 0 Å². The van der Waals surface area contributed by atoms with E-state index in [9.17, 15) is 4.79 Å². The molecule has 1 amide bonds. The van der Waals surface area contributed by atoms with Gasteiger partial charge in [-0.3, -0.25) is 4.79 Å². The van der Waals surface area contributed by atoms with Crippen LogP contribution < -0.4 is 15.4 Å². The minimum atomic E-state index is -0.160. The second kappa shape index (κ2) is 9.86. The predicted octanol–water partition coefficient (Wildman–Crippen LogP) is 1.94. The standard InChI is InChI=1S/C12H17ClN2O3.ClH/c1-17-6-5-14-8-12(16)15-10-7-9(13)3-4-11(10)18-2;/h3-4,7,14H,5-6,8H2,1-2H3,(H,15,16);1H. The van der Waals surface area contributed by atoms with Crippen molar-refractivity contribution in [1.82, 2.24) is 5.32 Å². The van der Waals surface area contributed by atoms with Crippen LogP contribution in [0.15, 0.2) is 18.2 Å². The van der Waals surface area contributed by atoms with Crippen LogP contribution in [-0.4, -0.2) is 39.8 Å². The van der Waals surface area contributed by atoms with Crippen molar-refractivity contribution in [3.63, 3.8) is 0 Å². The summed E-state index contributed by atoms with van der Waals surface area (Å²) in [6.45, 7) is 1.39. The van der Waals surface area contributed by atoms with E-state index in [2.05, 4.69) is 10.6 Å². The van der Waals surface area contributed by atoms with E-state index >= 15 is 0 Å².